The van der Waals surface area contributed by atoms with Crippen molar-refractivity contribution in [3.8, 4) is 5.88 Å². The number of H-pyrrole nitrogens is 1. The standard InChI is InChI=1S/C8H13N3O2/c1-3-8(2,9)7-10-5(12)4-6(13)11-7/h4H,3,9H2,1-2H3,(H2,10,11,12,13). The van der Waals surface area contributed by atoms with E-state index in [0.29, 0.717) is 12.2 Å². The molecule has 0 saturated carbocycles. The van der Waals surface area contributed by atoms with E-state index in [-0.39, 0.29) is 5.88 Å². The third kappa shape index (κ3) is 2.06. The molecule has 1 aromatic heterocycles. The first kappa shape index (κ1) is 9.73. The summed E-state index contributed by atoms with van der Waals surface area (Å²) in [6, 6.07) is 1.01. The Morgan fingerprint density at radius 1 is 1.77 bits per heavy atom. The smallest absolute Gasteiger partial charge is 0.254 e. The summed E-state index contributed by atoms with van der Waals surface area (Å²) in [6.07, 6.45) is 0.624. The molecule has 5 heteroatoms. The van der Waals surface area contributed by atoms with Crippen LogP contribution in [0.15, 0.2) is 10.9 Å². The molecule has 5 nitrogen and oxygen atoms in total. The summed E-state index contributed by atoms with van der Waals surface area (Å²) < 4.78 is 0. The first-order valence-electron chi connectivity index (χ1n) is 4.05. The quantitative estimate of drug-likeness (QED) is 0.604. The van der Waals surface area contributed by atoms with Gasteiger partial charge in [-0.3, -0.25) is 4.79 Å². The molecule has 0 amide bonds. The first-order chi connectivity index (χ1) is 5.95. The summed E-state index contributed by atoms with van der Waals surface area (Å²) in [7, 11) is 0. The molecule has 0 aliphatic carbocycles. The number of aromatic amines is 1. The van der Waals surface area contributed by atoms with Crippen molar-refractivity contribution in [3.05, 3.63) is 22.2 Å². The summed E-state index contributed by atoms with van der Waals surface area (Å²) in [5, 5.41) is 9.07. The Morgan fingerprint density at radius 2 is 2.38 bits per heavy atom. The van der Waals surface area contributed by atoms with Crippen LogP contribution in [-0.4, -0.2) is 15.1 Å². The fourth-order valence-corrected chi connectivity index (χ4v) is 0.883. The van der Waals surface area contributed by atoms with Gasteiger partial charge in [0.25, 0.3) is 5.56 Å². The monoisotopic (exact) mass is 183 g/mol. The second-order valence-electron chi connectivity index (χ2n) is 3.22. The highest BCUT2D eigenvalue weighted by atomic mass is 16.3. The zero-order valence-electron chi connectivity index (χ0n) is 7.66. The van der Waals surface area contributed by atoms with Crippen LogP contribution in [0.4, 0.5) is 0 Å². The van der Waals surface area contributed by atoms with Gasteiger partial charge in [-0.05, 0) is 13.3 Å². The van der Waals surface area contributed by atoms with Crippen LogP contribution in [0.3, 0.4) is 0 Å². The van der Waals surface area contributed by atoms with Crippen LogP contribution in [0.2, 0.25) is 0 Å². The lowest BCUT2D eigenvalue weighted by Gasteiger charge is -2.20. The molecule has 1 unspecified atom stereocenters. The van der Waals surface area contributed by atoms with Gasteiger partial charge in [-0.1, -0.05) is 6.92 Å². The van der Waals surface area contributed by atoms with Crippen molar-refractivity contribution < 1.29 is 5.11 Å². The summed E-state index contributed by atoms with van der Waals surface area (Å²) in [4.78, 5) is 17.2. The Kier molecular flexibility index (Phi) is 2.38. The second kappa shape index (κ2) is 3.18. The maximum atomic E-state index is 11.0. The molecule has 0 bridgehead atoms. The van der Waals surface area contributed by atoms with Crippen LogP contribution < -0.4 is 11.3 Å². The minimum Gasteiger partial charge on any atom is -0.493 e. The van der Waals surface area contributed by atoms with Gasteiger partial charge in [-0.15, -0.1) is 0 Å². The van der Waals surface area contributed by atoms with Gasteiger partial charge in [0, 0.05) is 0 Å². The number of hydrogen-bond acceptors (Lipinski definition) is 4. The average Bonchev–Trinajstić information content (AvgIpc) is 2.02. The molecule has 1 atom stereocenters. The van der Waals surface area contributed by atoms with Gasteiger partial charge in [0.15, 0.2) is 0 Å². The summed E-state index contributed by atoms with van der Waals surface area (Å²) in [6.45, 7) is 3.62. The van der Waals surface area contributed by atoms with E-state index >= 15 is 0 Å². The molecule has 1 rings (SSSR count). The molecule has 0 aliphatic heterocycles. The highest BCUT2D eigenvalue weighted by Gasteiger charge is 2.21. The van der Waals surface area contributed by atoms with Crippen LogP contribution in [0.25, 0.3) is 0 Å². The molecule has 0 aliphatic rings. The van der Waals surface area contributed by atoms with Crippen LogP contribution in [-0.2, 0) is 5.54 Å². The van der Waals surface area contributed by atoms with Crippen molar-refractivity contribution in [2.45, 2.75) is 25.8 Å². The zero-order chi connectivity index (χ0) is 10.1. The molecule has 4 N–H and O–H groups in total. The molecular formula is C8H13N3O2. The number of rotatable bonds is 2. The van der Waals surface area contributed by atoms with Gasteiger partial charge in [-0.25, -0.2) is 0 Å². The number of aromatic nitrogens is 2. The topological polar surface area (TPSA) is 92.0 Å². The van der Waals surface area contributed by atoms with E-state index in [1.807, 2.05) is 6.92 Å². The predicted molar refractivity (Wildman–Crippen MR) is 48.4 cm³/mol. The van der Waals surface area contributed by atoms with Crippen LogP contribution in [0, 0.1) is 0 Å². The van der Waals surface area contributed by atoms with Gasteiger partial charge >= 0.3 is 0 Å². The number of hydrogen-bond donors (Lipinski definition) is 3. The Labute approximate surface area is 75.6 Å². The van der Waals surface area contributed by atoms with E-state index < -0.39 is 11.1 Å². The lowest BCUT2D eigenvalue weighted by molar-refractivity contribution is 0.409. The molecule has 0 saturated heterocycles. The van der Waals surface area contributed by atoms with Crippen molar-refractivity contribution in [1.82, 2.24) is 9.97 Å². The van der Waals surface area contributed by atoms with Crippen LogP contribution in [0.1, 0.15) is 26.1 Å². The maximum Gasteiger partial charge on any atom is 0.254 e. The molecule has 0 spiro atoms. The van der Waals surface area contributed by atoms with E-state index in [0.717, 1.165) is 6.07 Å². The van der Waals surface area contributed by atoms with Gasteiger partial charge < -0.3 is 15.8 Å². The number of nitrogens with zero attached hydrogens (tertiary/aromatic N) is 1. The lowest BCUT2D eigenvalue weighted by atomic mass is 10.00. The van der Waals surface area contributed by atoms with Gasteiger partial charge in [-0.2, -0.15) is 4.98 Å². The zero-order valence-corrected chi connectivity index (χ0v) is 7.66. The van der Waals surface area contributed by atoms with Gasteiger partial charge in [0.1, 0.15) is 5.82 Å². The highest BCUT2D eigenvalue weighted by Crippen LogP contribution is 2.16. The third-order valence-corrected chi connectivity index (χ3v) is 2.00. The fraction of sp³-hybridized carbons (Fsp3) is 0.500. The molecule has 0 fully saturated rings. The molecule has 0 radical (unpaired) electrons. The van der Waals surface area contributed by atoms with E-state index in [4.69, 9.17) is 10.8 Å². The van der Waals surface area contributed by atoms with E-state index in [2.05, 4.69) is 9.97 Å². The Morgan fingerprint density at radius 3 is 2.85 bits per heavy atom. The van der Waals surface area contributed by atoms with Gasteiger partial charge in [0.2, 0.25) is 5.88 Å². The summed E-state index contributed by atoms with van der Waals surface area (Å²) >= 11 is 0. The van der Waals surface area contributed by atoms with E-state index in [1.165, 1.54) is 0 Å². The maximum absolute atomic E-state index is 11.0. The largest absolute Gasteiger partial charge is 0.493 e. The summed E-state index contributed by atoms with van der Waals surface area (Å²) in [5.41, 5.74) is 4.73. The Bertz CT molecular complexity index is 357. The summed E-state index contributed by atoms with van der Waals surface area (Å²) in [5.74, 6) is 0.00359. The SMILES string of the molecule is CCC(C)(N)c1nc(O)cc(=O)[nH]1. The van der Waals surface area contributed by atoms with Crippen LogP contribution in [0.5, 0.6) is 5.88 Å². The molecule has 0 aromatic carbocycles. The van der Waals surface area contributed by atoms with Crippen molar-refractivity contribution in [3.63, 3.8) is 0 Å². The van der Waals surface area contributed by atoms with Crippen molar-refractivity contribution in [1.29, 1.82) is 0 Å². The van der Waals surface area contributed by atoms with E-state index in [1.54, 1.807) is 6.92 Å². The van der Waals surface area contributed by atoms with Gasteiger partial charge in [0.05, 0.1) is 11.6 Å². The molecule has 13 heavy (non-hydrogen) atoms. The molecule has 1 aromatic rings. The number of nitrogens with two attached hydrogens (primary N) is 1. The molecule has 72 valence electrons. The average molecular weight is 183 g/mol. The van der Waals surface area contributed by atoms with E-state index in [9.17, 15) is 4.79 Å². The molecular weight excluding hydrogens is 170 g/mol. The lowest BCUT2D eigenvalue weighted by Crippen LogP contribution is -2.35. The number of nitrogens with one attached hydrogen (secondary N) is 1. The predicted octanol–water partition coefficient (Wildman–Crippen LogP) is 0.0594. The fourth-order valence-electron chi connectivity index (χ4n) is 0.883. The minimum absolute atomic E-state index is 0.302. The normalized spacial score (nSPS) is 15.3. The Balaban J connectivity index is 3.23. The third-order valence-electron chi connectivity index (χ3n) is 2.00. The molecule has 1 heterocycles. The highest BCUT2D eigenvalue weighted by molar-refractivity contribution is 5.11. The number of aromatic hydroxyl groups is 1. The van der Waals surface area contributed by atoms with Crippen molar-refractivity contribution >= 4 is 0 Å². The first-order valence-corrected chi connectivity index (χ1v) is 4.05. The van der Waals surface area contributed by atoms with Crippen LogP contribution >= 0.6 is 0 Å². The second-order valence-corrected chi connectivity index (χ2v) is 3.22. The van der Waals surface area contributed by atoms with Crippen molar-refractivity contribution in [2.75, 3.05) is 0 Å². The minimum atomic E-state index is -0.710. The Hall–Kier alpha value is -1.36. The van der Waals surface area contributed by atoms with Crippen molar-refractivity contribution in [2.24, 2.45) is 5.73 Å².